The first-order valence-corrected chi connectivity index (χ1v) is 6.68. The van der Waals surface area contributed by atoms with E-state index < -0.39 is 0 Å². The van der Waals surface area contributed by atoms with Gasteiger partial charge >= 0.3 is 0 Å². The normalized spacial score (nSPS) is 10.4. The van der Waals surface area contributed by atoms with E-state index in [1.807, 2.05) is 30.3 Å². The molecule has 0 saturated heterocycles. The number of hydrogen-bond acceptors (Lipinski definition) is 3. The molecule has 1 heterocycles. The number of H-pyrrole nitrogens is 1. The van der Waals surface area contributed by atoms with E-state index in [2.05, 4.69) is 16.9 Å². The van der Waals surface area contributed by atoms with E-state index >= 15 is 0 Å². The quantitative estimate of drug-likeness (QED) is 0.902. The minimum atomic E-state index is -0.0921. The molecule has 2 rings (SSSR count). The smallest absolute Gasteiger partial charge is 0.251 e. The van der Waals surface area contributed by atoms with Gasteiger partial charge in [-0.3, -0.25) is 4.79 Å². The molecule has 1 N–H and O–H groups in total. The largest absolute Gasteiger partial charge is 0.310 e. The van der Waals surface area contributed by atoms with Gasteiger partial charge in [-0.25, -0.2) is 4.98 Å². The van der Waals surface area contributed by atoms with Crippen LogP contribution in [0.4, 0.5) is 0 Å². The van der Waals surface area contributed by atoms with E-state index in [0.717, 1.165) is 28.6 Å². The minimum absolute atomic E-state index is 0.0921. The Kier molecular flexibility index (Phi) is 3.98. The van der Waals surface area contributed by atoms with E-state index in [-0.39, 0.29) is 5.56 Å². The van der Waals surface area contributed by atoms with Crippen molar-refractivity contribution in [3.63, 3.8) is 0 Å². The Morgan fingerprint density at radius 3 is 2.76 bits per heavy atom. The number of nitrogens with zero attached hydrogens (tertiary/aromatic N) is 1. The number of nitrogens with one attached hydrogen (secondary N) is 1. The van der Waals surface area contributed by atoms with Gasteiger partial charge in [0.2, 0.25) is 0 Å². The third-order valence-electron chi connectivity index (χ3n) is 2.30. The van der Waals surface area contributed by atoms with Crippen molar-refractivity contribution >= 4 is 11.8 Å². The summed E-state index contributed by atoms with van der Waals surface area (Å²) in [7, 11) is 0. The molecule has 0 amide bonds. The fourth-order valence-electron chi connectivity index (χ4n) is 1.53. The zero-order valence-corrected chi connectivity index (χ0v) is 10.5. The molecule has 0 radical (unpaired) electrons. The number of rotatable bonds is 4. The Bertz CT molecular complexity index is 537. The lowest BCUT2D eigenvalue weighted by Crippen LogP contribution is -2.10. The average Bonchev–Trinajstić information content (AvgIpc) is 2.37. The van der Waals surface area contributed by atoms with Crippen LogP contribution in [0.1, 0.15) is 12.7 Å². The van der Waals surface area contributed by atoms with E-state index in [0.29, 0.717) is 0 Å². The molecule has 2 aromatic rings. The molecule has 0 saturated carbocycles. The van der Waals surface area contributed by atoms with E-state index in [1.54, 1.807) is 11.8 Å². The van der Waals surface area contributed by atoms with Crippen molar-refractivity contribution in [2.45, 2.75) is 12.7 Å². The maximum atomic E-state index is 11.5. The summed E-state index contributed by atoms with van der Waals surface area (Å²) in [5.41, 5.74) is 1.62. The summed E-state index contributed by atoms with van der Waals surface area (Å²) >= 11 is 1.74. The Balaban J connectivity index is 2.35. The Morgan fingerprint density at radius 2 is 2.06 bits per heavy atom. The van der Waals surface area contributed by atoms with E-state index in [4.69, 9.17) is 0 Å². The number of hydrogen-bond donors (Lipinski definition) is 1. The van der Waals surface area contributed by atoms with Gasteiger partial charge in [0, 0.05) is 11.6 Å². The SMILES string of the molecule is CCSCc1nc(-c2ccccc2)cc(=O)[nH]1. The topological polar surface area (TPSA) is 45.8 Å². The van der Waals surface area contributed by atoms with Gasteiger partial charge in [-0.1, -0.05) is 37.3 Å². The average molecular weight is 246 g/mol. The summed E-state index contributed by atoms with van der Waals surface area (Å²) in [6.07, 6.45) is 0. The highest BCUT2D eigenvalue weighted by molar-refractivity contribution is 7.98. The highest BCUT2D eigenvalue weighted by Crippen LogP contribution is 2.15. The van der Waals surface area contributed by atoms with Crippen LogP contribution in [0.15, 0.2) is 41.2 Å². The molecular weight excluding hydrogens is 232 g/mol. The predicted octanol–water partition coefficient (Wildman–Crippen LogP) is 2.69. The summed E-state index contributed by atoms with van der Waals surface area (Å²) in [6, 6.07) is 11.3. The summed E-state index contributed by atoms with van der Waals surface area (Å²) < 4.78 is 0. The summed E-state index contributed by atoms with van der Waals surface area (Å²) in [5, 5.41) is 0. The molecule has 0 bridgehead atoms. The molecule has 0 unspecified atom stereocenters. The van der Waals surface area contributed by atoms with Gasteiger partial charge in [-0.15, -0.1) is 0 Å². The number of aromatic amines is 1. The van der Waals surface area contributed by atoms with E-state index in [9.17, 15) is 4.79 Å². The lowest BCUT2D eigenvalue weighted by Gasteiger charge is -2.03. The van der Waals surface area contributed by atoms with Crippen LogP contribution < -0.4 is 5.56 Å². The lowest BCUT2D eigenvalue weighted by atomic mass is 10.1. The van der Waals surface area contributed by atoms with Crippen molar-refractivity contribution in [2.75, 3.05) is 5.75 Å². The van der Waals surface area contributed by atoms with Crippen molar-refractivity contribution in [3.05, 3.63) is 52.6 Å². The van der Waals surface area contributed by atoms with Crippen LogP contribution >= 0.6 is 11.8 Å². The van der Waals surface area contributed by atoms with Crippen LogP contribution in [-0.4, -0.2) is 15.7 Å². The van der Waals surface area contributed by atoms with Crippen molar-refractivity contribution < 1.29 is 0 Å². The third-order valence-corrected chi connectivity index (χ3v) is 3.19. The second-order valence-electron chi connectivity index (χ2n) is 3.58. The van der Waals surface area contributed by atoms with Crippen LogP contribution in [-0.2, 0) is 5.75 Å². The number of aromatic nitrogens is 2. The van der Waals surface area contributed by atoms with Crippen molar-refractivity contribution in [2.24, 2.45) is 0 Å². The summed E-state index contributed by atoms with van der Waals surface area (Å²) in [4.78, 5) is 18.8. The molecular formula is C13H14N2OS. The predicted molar refractivity (Wildman–Crippen MR) is 72.1 cm³/mol. The van der Waals surface area contributed by atoms with Crippen LogP contribution in [0, 0.1) is 0 Å². The maximum Gasteiger partial charge on any atom is 0.251 e. The van der Waals surface area contributed by atoms with Crippen molar-refractivity contribution in [3.8, 4) is 11.3 Å². The molecule has 88 valence electrons. The maximum absolute atomic E-state index is 11.5. The molecule has 1 aromatic heterocycles. The molecule has 3 nitrogen and oxygen atoms in total. The van der Waals surface area contributed by atoms with Gasteiger partial charge in [-0.05, 0) is 5.75 Å². The molecule has 0 aliphatic heterocycles. The Labute approximate surface area is 104 Å². The monoisotopic (exact) mass is 246 g/mol. The zero-order valence-electron chi connectivity index (χ0n) is 9.64. The molecule has 0 atom stereocenters. The van der Waals surface area contributed by atoms with Gasteiger partial charge in [-0.2, -0.15) is 11.8 Å². The van der Waals surface area contributed by atoms with Crippen LogP contribution in [0.2, 0.25) is 0 Å². The molecule has 1 aromatic carbocycles. The van der Waals surface area contributed by atoms with Crippen LogP contribution in [0.3, 0.4) is 0 Å². The molecule has 0 spiro atoms. The number of benzene rings is 1. The van der Waals surface area contributed by atoms with Crippen LogP contribution in [0.25, 0.3) is 11.3 Å². The molecule has 0 fully saturated rings. The highest BCUT2D eigenvalue weighted by atomic mass is 32.2. The highest BCUT2D eigenvalue weighted by Gasteiger charge is 2.03. The lowest BCUT2D eigenvalue weighted by molar-refractivity contribution is 1.01. The van der Waals surface area contributed by atoms with Gasteiger partial charge in [0.25, 0.3) is 5.56 Å². The standard InChI is InChI=1S/C13H14N2OS/c1-2-17-9-12-14-11(8-13(16)15-12)10-6-4-3-5-7-10/h3-8H,2,9H2,1H3,(H,14,15,16). The van der Waals surface area contributed by atoms with E-state index in [1.165, 1.54) is 6.07 Å². The minimum Gasteiger partial charge on any atom is -0.310 e. The van der Waals surface area contributed by atoms with Gasteiger partial charge < -0.3 is 4.98 Å². The Morgan fingerprint density at radius 1 is 1.29 bits per heavy atom. The van der Waals surface area contributed by atoms with Crippen molar-refractivity contribution in [1.82, 2.24) is 9.97 Å². The second-order valence-corrected chi connectivity index (χ2v) is 4.85. The second kappa shape index (κ2) is 5.68. The van der Waals surface area contributed by atoms with Gasteiger partial charge in [0.1, 0.15) is 5.82 Å². The Hall–Kier alpha value is -1.55. The summed E-state index contributed by atoms with van der Waals surface area (Å²) in [6.45, 7) is 2.09. The molecule has 4 heteroatoms. The first kappa shape index (κ1) is 11.9. The van der Waals surface area contributed by atoms with Crippen molar-refractivity contribution in [1.29, 1.82) is 0 Å². The molecule has 0 aliphatic carbocycles. The molecule has 0 aliphatic rings. The first-order valence-electron chi connectivity index (χ1n) is 5.53. The van der Waals surface area contributed by atoms with Gasteiger partial charge in [0.15, 0.2) is 0 Å². The fourth-order valence-corrected chi connectivity index (χ4v) is 2.07. The number of thioether (sulfide) groups is 1. The molecule has 17 heavy (non-hydrogen) atoms. The zero-order chi connectivity index (χ0) is 12.1. The van der Waals surface area contributed by atoms with Crippen LogP contribution in [0.5, 0.6) is 0 Å². The fraction of sp³-hybridized carbons (Fsp3) is 0.231. The summed E-state index contributed by atoms with van der Waals surface area (Å²) in [5.74, 6) is 2.49. The first-order chi connectivity index (χ1) is 8.29. The third kappa shape index (κ3) is 3.20. The van der Waals surface area contributed by atoms with Gasteiger partial charge in [0.05, 0.1) is 11.4 Å².